The van der Waals surface area contributed by atoms with Crippen LogP contribution in [0.25, 0.3) is 0 Å². The minimum absolute atomic E-state index is 0.177. The topological polar surface area (TPSA) is 75.7 Å². The van der Waals surface area contributed by atoms with E-state index < -0.39 is 10.0 Å². The number of amides is 1. The van der Waals surface area contributed by atoms with E-state index in [1.54, 1.807) is 0 Å². The van der Waals surface area contributed by atoms with E-state index in [1.807, 2.05) is 31.2 Å². The molecule has 1 rings (SSSR count). The van der Waals surface area contributed by atoms with Crippen molar-refractivity contribution < 1.29 is 17.9 Å². The summed E-state index contributed by atoms with van der Waals surface area (Å²) in [5.41, 5.74) is 1.94. The zero-order valence-electron chi connectivity index (χ0n) is 12.6. The number of hydrogen-bond donors (Lipinski definition) is 1. The highest BCUT2D eigenvalue weighted by molar-refractivity contribution is 7.88. The number of methoxy groups -OCH3 is 1. The summed E-state index contributed by atoms with van der Waals surface area (Å²) in [4.78, 5) is 11.7. The lowest BCUT2D eigenvalue weighted by Gasteiger charge is -2.19. The lowest BCUT2D eigenvalue weighted by molar-refractivity contribution is -0.121. The van der Waals surface area contributed by atoms with Gasteiger partial charge in [-0.25, -0.2) is 8.42 Å². The number of aryl methyl sites for hydroxylation is 1. The molecule has 0 bridgehead atoms. The van der Waals surface area contributed by atoms with E-state index in [2.05, 4.69) is 5.32 Å². The van der Waals surface area contributed by atoms with Crippen molar-refractivity contribution in [2.45, 2.75) is 13.5 Å². The summed E-state index contributed by atoms with van der Waals surface area (Å²) in [6.07, 6.45) is 1.10. The van der Waals surface area contributed by atoms with Crippen LogP contribution in [0.5, 0.6) is 0 Å². The first kappa shape index (κ1) is 17.6. The molecule has 0 fully saturated rings. The van der Waals surface area contributed by atoms with Crippen LogP contribution in [0.15, 0.2) is 24.3 Å². The lowest BCUT2D eigenvalue weighted by atomic mass is 10.1. The van der Waals surface area contributed by atoms with Crippen molar-refractivity contribution in [2.24, 2.45) is 0 Å². The highest BCUT2D eigenvalue weighted by atomic mass is 32.2. The molecule has 0 atom stereocenters. The summed E-state index contributed by atoms with van der Waals surface area (Å²) in [7, 11) is -1.92. The van der Waals surface area contributed by atoms with E-state index in [-0.39, 0.29) is 19.0 Å². The van der Waals surface area contributed by atoms with Crippen molar-refractivity contribution in [3.8, 4) is 0 Å². The zero-order valence-corrected chi connectivity index (χ0v) is 13.4. The van der Waals surface area contributed by atoms with Gasteiger partial charge in [0.2, 0.25) is 15.9 Å². The predicted molar refractivity (Wildman–Crippen MR) is 81.3 cm³/mol. The monoisotopic (exact) mass is 314 g/mol. The summed E-state index contributed by atoms with van der Waals surface area (Å²) in [6, 6.07) is 7.54. The molecule has 1 aromatic rings. The fraction of sp³-hybridized carbons (Fsp3) is 0.500. The van der Waals surface area contributed by atoms with Crippen molar-refractivity contribution in [3.63, 3.8) is 0 Å². The van der Waals surface area contributed by atoms with Gasteiger partial charge in [-0.3, -0.25) is 4.79 Å². The quantitative estimate of drug-likeness (QED) is 0.710. The lowest BCUT2D eigenvalue weighted by Crippen LogP contribution is -2.40. The van der Waals surface area contributed by atoms with Crippen LogP contribution in [-0.4, -0.2) is 51.7 Å². The Labute approximate surface area is 126 Å². The van der Waals surface area contributed by atoms with Gasteiger partial charge in [0.25, 0.3) is 0 Å². The number of nitrogens with zero attached hydrogens (tertiary/aromatic N) is 1. The highest BCUT2D eigenvalue weighted by Gasteiger charge is 2.20. The second-order valence-electron chi connectivity index (χ2n) is 4.86. The second kappa shape index (κ2) is 8.11. The maximum absolute atomic E-state index is 11.8. The summed E-state index contributed by atoms with van der Waals surface area (Å²) in [6.45, 7) is 2.69. The average molecular weight is 314 g/mol. The molecule has 0 unspecified atom stereocenters. The number of carbonyl (C=O) groups is 1. The Bertz CT molecular complexity index is 555. The first-order chi connectivity index (χ1) is 9.82. The van der Waals surface area contributed by atoms with Crippen LogP contribution < -0.4 is 5.32 Å². The van der Waals surface area contributed by atoms with Gasteiger partial charge in [-0.1, -0.05) is 29.8 Å². The highest BCUT2D eigenvalue weighted by Crippen LogP contribution is 2.09. The molecular formula is C14H22N2O4S. The number of ether oxygens (including phenoxy) is 1. The molecule has 0 aliphatic rings. The summed E-state index contributed by atoms with van der Waals surface area (Å²) < 4.78 is 29.6. The molecule has 118 valence electrons. The average Bonchev–Trinajstić information content (AvgIpc) is 2.40. The molecule has 0 aliphatic heterocycles. The number of nitrogens with one attached hydrogen (secondary N) is 1. The smallest absolute Gasteiger partial charge is 0.235 e. The molecule has 1 amide bonds. The molecule has 0 saturated carbocycles. The van der Waals surface area contributed by atoms with Crippen LogP contribution in [0.4, 0.5) is 0 Å². The minimum Gasteiger partial charge on any atom is -0.383 e. The fourth-order valence-corrected chi connectivity index (χ4v) is 2.43. The Morgan fingerprint density at radius 3 is 2.43 bits per heavy atom. The number of rotatable bonds is 8. The Hall–Kier alpha value is -1.44. The van der Waals surface area contributed by atoms with E-state index in [0.717, 1.165) is 21.7 Å². The molecule has 0 aromatic heterocycles. The molecule has 1 N–H and O–H groups in total. The van der Waals surface area contributed by atoms with Gasteiger partial charge in [-0.15, -0.1) is 0 Å². The van der Waals surface area contributed by atoms with E-state index in [0.29, 0.717) is 13.2 Å². The Morgan fingerprint density at radius 2 is 1.90 bits per heavy atom. The van der Waals surface area contributed by atoms with Crippen molar-refractivity contribution in [1.82, 2.24) is 9.62 Å². The molecule has 0 heterocycles. The number of benzene rings is 1. The van der Waals surface area contributed by atoms with Crippen LogP contribution in [0.1, 0.15) is 11.1 Å². The summed E-state index contributed by atoms with van der Waals surface area (Å²) >= 11 is 0. The van der Waals surface area contributed by atoms with Gasteiger partial charge in [0.1, 0.15) is 0 Å². The van der Waals surface area contributed by atoms with Gasteiger partial charge in [0, 0.05) is 20.2 Å². The molecule has 1 aromatic carbocycles. The molecule has 0 saturated heterocycles. The first-order valence-corrected chi connectivity index (χ1v) is 8.44. The van der Waals surface area contributed by atoms with Gasteiger partial charge in [-0.05, 0) is 12.5 Å². The van der Waals surface area contributed by atoms with Gasteiger partial charge in [-0.2, -0.15) is 4.31 Å². The molecule has 7 heteroatoms. The zero-order chi connectivity index (χ0) is 15.9. The molecule has 0 spiro atoms. The van der Waals surface area contributed by atoms with Crippen molar-refractivity contribution in [1.29, 1.82) is 0 Å². The van der Waals surface area contributed by atoms with E-state index >= 15 is 0 Å². The van der Waals surface area contributed by atoms with Gasteiger partial charge >= 0.3 is 0 Å². The largest absolute Gasteiger partial charge is 0.383 e. The number of sulfonamides is 1. The third kappa shape index (κ3) is 6.70. The molecule has 21 heavy (non-hydrogen) atoms. The van der Waals surface area contributed by atoms with Crippen LogP contribution >= 0.6 is 0 Å². The van der Waals surface area contributed by atoms with Crippen molar-refractivity contribution in [3.05, 3.63) is 35.4 Å². The van der Waals surface area contributed by atoms with Crippen LogP contribution in [0.3, 0.4) is 0 Å². The third-order valence-electron chi connectivity index (χ3n) is 2.90. The fourth-order valence-electron chi connectivity index (χ4n) is 1.70. The van der Waals surface area contributed by atoms with Crippen molar-refractivity contribution in [2.75, 3.05) is 33.1 Å². The van der Waals surface area contributed by atoms with E-state index in [4.69, 9.17) is 4.74 Å². The molecular weight excluding hydrogens is 292 g/mol. The SMILES string of the molecule is COCCNC(=O)CN(Cc1ccc(C)cc1)S(C)(=O)=O. The number of carbonyl (C=O) groups excluding carboxylic acids is 1. The summed E-state index contributed by atoms with van der Waals surface area (Å²) in [5.74, 6) is -0.343. The number of hydrogen-bond acceptors (Lipinski definition) is 4. The Kier molecular flexibility index (Phi) is 6.80. The van der Waals surface area contributed by atoms with Crippen LogP contribution in [-0.2, 0) is 26.1 Å². The van der Waals surface area contributed by atoms with E-state index in [9.17, 15) is 13.2 Å². The molecule has 0 aliphatic carbocycles. The first-order valence-electron chi connectivity index (χ1n) is 6.59. The minimum atomic E-state index is -3.46. The second-order valence-corrected chi connectivity index (χ2v) is 6.84. The Balaban J connectivity index is 2.69. The molecule has 6 nitrogen and oxygen atoms in total. The standard InChI is InChI=1S/C14H22N2O4S/c1-12-4-6-13(7-5-12)10-16(21(3,18)19)11-14(17)15-8-9-20-2/h4-7H,8-11H2,1-3H3,(H,15,17). The van der Waals surface area contributed by atoms with Gasteiger partial charge in [0.15, 0.2) is 0 Å². The normalized spacial score (nSPS) is 11.6. The van der Waals surface area contributed by atoms with Gasteiger partial charge < -0.3 is 10.1 Å². The summed E-state index contributed by atoms with van der Waals surface area (Å²) in [5, 5.41) is 2.61. The Morgan fingerprint density at radius 1 is 1.29 bits per heavy atom. The predicted octanol–water partition coefficient (Wildman–Crippen LogP) is 0.519. The maximum Gasteiger partial charge on any atom is 0.235 e. The van der Waals surface area contributed by atoms with E-state index in [1.165, 1.54) is 7.11 Å². The molecule has 0 radical (unpaired) electrons. The van der Waals surface area contributed by atoms with Crippen LogP contribution in [0.2, 0.25) is 0 Å². The third-order valence-corrected chi connectivity index (χ3v) is 4.09. The maximum atomic E-state index is 11.8. The van der Waals surface area contributed by atoms with Crippen molar-refractivity contribution >= 4 is 15.9 Å². The van der Waals surface area contributed by atoms with Crippen LogP contribution in [0, 0.1) is 6.92 Å². The van der Waals surface area contributed by atoms with Gasteiger partial charge in [0.05, 0.1) is 19.4 Å².